The summed E-state index contributed by atoms with van der Waals surface area (Å²) in [4.78, 5) is 0. The average molecular weight is 311 g/mol. The Labute approximate surface area is 127 Å². The van der Waals surface area contributed by atoms with Gasteiger partial charge in [0.15, 0.2) is 0 Å². The van der Waals surface area contributed by atoms with Crippen molar-refractivity contribution in [2.75, 3.05) is 5.88 Å². The number of alkyl halides is 1. The van der Waals surface area contributed by atoms with E-state index in [1.807, 2.05) is 0 Å². The highest BCUT2D eigenvalue weighted by Crippen LogP contribution is 2.21. The van der Waals surface area contributed by atoms with E-state index < -0.39 is 12.2 Å². The van der Waals surface area contributed by atoms with Gasteiger partial charge in [-0.05, 0) is 35.4 Å². The molecule has 2 rings (SSSR count). The summed E-state index contributed by atoms with van der Waals surface area (Å²) in [6, 6.07) is 12.8. The van der Waals surface area contributed by atoms with Gasteiger partial charge in [0, 0.05) is 0 Å². The van der Waals surface area contributed by atoms with Gasteiger partial charge in [0.25, 0.3) is 0 Å². The van der Waals surface area contributed by atoms with Crippen molar-refractivity contribution in [2.24, 2.45) is 0 Å². The van der Waals surface area contributed by atoms with Gasteiger partial charge < -0.3 is 14.9 Å². The van der Waals surface area contributed by atoms with Crippen molar-refractivity contribution in [3.8, 4) is 5.75 Å². The summed E-state index contributed by atoms with van der Waals surface area (Å²) in [5, 5.41) is 19.3. The maximum atomic E-state index is 12.8. The summed E-state index contributed by atoms with van der Waals surface area (Å²) in [6.45, 7) is 0.326. The molecule has 2 atom stereocenters. The van der Waals surface area contributed by atoms with Crippen LogP contribution in [0.4, 0.5) is 4.39 Å². The number of hydrogen-bond acceptors (Lipinski definition) is 3. The van der Waals surface area contributed by atoms with Crippen molar-refractivity contribution >= 4 is 11.6 Å². The molecule has 2 unspecified atom stereocenters. The third kappa shape index (κ3) is 4.43. The largest absolute Gasteiger partial charge is 0.489 e. The monoisotopic (exact) mass is 310 g/mol. The Morgan fingerprint density at radius 3 is 2.19 bits per heavy atom. The lowest BCUT2D eigenvalue weighted by atomic mass is 10.1. The topological polar surface area (TPSA) is 49.7 Å². The standard InChI is InChI=1S/C16H16ClFO3/c17-9-15(19)16(20)12-3-7-14(8-4-12)21-10-11-1-5-13(18)6-2-11/h1-8,15-16,19-20H,9-10H2. The van der Waals surface area contributed by atoms with Gasteiger partial charge in [-0.3, -0.25) is 0 Å². The van der Waals surface area contributed by atoms with E-state index in [-0.39, 0.29) is 11.7 Å². The Morgan fingerprint density at radius 2 is 1.62 bits per heavy atom. The fraction of sp³-hybridized carbons (Fsp3) is 0.250. The number of hydrogen-bond donors (Lipinski definition) is 2. The predicted molar refractivity (Wildman–Crippen MR) is 78.9 cm³/mol. The van der Waals surface area contributed by atoms with Crippen LogP contribution in [0.15, 0.2) is 48.5 Å². The zero-order chi connectivity index (χ0) is 15.2. The molecule has 0 aliphatic heterocycles. The van der Waals surface area contributed by atoms with Gasteiger partial charge in [0.1, 0.15) is 24.3 Å². The fourth-order valence-electron chi connectivity index (χ4n) is 1.82. The molecule has 0 amide bonds. The predicted octanol–water partition coefficient (Wildman–Crippen LogP) is 3.04. The summed E-state index contributed by atoms with van der Waals surface area (Å²) in [5.41, 5.74) is 1.43. The van der Waals surface area contributed by atoms with Crippen LogP contribution in [0.3, 0.4) is 0 Å². The van der Waals surface area contributed by atoms with E-state index in [2.05, 4.69) is 0 Å². The first kappa shape index (κ1) is 15.8. The Kier molecular flexibility index (Phi) is 5.56. The Bertz CT molecular complexity index is 557. The molecule has 2 N–H and O–H groups in total. The number of benzene rings is 2. The van der Waals surface area contributed by atoms with Crippen molar-refractivity contribution in [1.82, 2.24) is 0 Å². The van der Waals surface area contributed by atoms with Gasteiger partial charge in [0.2, 0.25) is 0 Å². The molecule has 0 aliphatic rings. The molecule has 5 heteroatoms. The zero-order valence-corrected chi connectivity index (χ0v) is 12.0. The molecule has 0 heterocycles. The molecule has 0 radical (unpaired) electrons. The highest BCUT2D eigenvalue weighted by molar-refractivity contribution is 6.18. The molecular formula is C16H16ClFO3. The van der Waals surface area contributed by atoms with Gasteiger partial charge in [0.05, 0.1) is 12.0 Å². The Morgan fingerprint density at radius 1 is 1.00 bits per heavy atom. The fourth-order valence-corrected chi connectivity index (χ4v) is 1.98. The third-order valence-corrected chi connectivity index (χ3v) is 3.38. The minimum atomic E-state index is -1.02. The molecule has 2 aromatic rings. The zero-order valence-electron chi connectivity index (χ0n) is 11.2. The average Bonchev–Trinajstić information content (AvgIpc) is 2.53. The van der Waals surface area contributed by atoms with Crippen molar-refractivity contribution in [3.63, 3.8) is 0 Å². The van der Waals surface area contributed by atoms with Gasteiger partial charge in [-0.15, -0.1) is 11.6 Å². The Hall–Kier alpha value is -1.62. The van der Waals surface area contributed by atoms with Crippen LogP contribution in [0.5, 0.6) is 5.75 Å². The van der Waals surface area contributed by atoms with Crippen LogP contribution in [0, 0.1) is 5.82 Å². The SMILES string of the molecule is OC(CCl)C(O)c1ccc(OCc2ccc(F)cc2)cc1. The van der Waals surface area contributed by atoms with Crippen LogP contribution < -0.4 is 4.74 Å². The van der Waals surface area contributed by atoms with Crippen molar-refractivity contribution < 1.29 is 19.3 Å². The molecule has 3 nitrogen and oxygen atoms in total. The summed E-state index contributed by atoms with van der Waals surface area (Å²) in [5.74, 6) is 0.301. The van der Waals surface area contributed by atoms with Crippen molar-refractivity contribution in [1.29, 1.82) is 0 Å². The van der Waals surface area contributed by atoms with Crippen molar-refractivity contribution in [2.45, 2.75) is 18.8 Å². The number of aliphatic hydroxyl groups is 2. The second-order valence-electron chi connectivity index (χ2n) is 4.65. The highest BCUT2D eigenvalue weighted by atomic mass is 35.5. The van der Waals surface area contributed by atoms with Crippen LogP contribution in [-0.4, -0.2) is 22.2 Å². The molecule has 0 fully saturated rings. The van der Waals surface area contributed by atoms with Crippen LogP contribution in [0.25, 0.3) is 0 Å². The first-order chi connectivity index (χ1) is 10.1. The van der Waals surface area contributed by atoms with E-state index in [4.69, 9.17) is 16.3 Å². The van der Waals surface area contributed by atoms with Crippen LogP contribution in [0.1, 0.15) is 17.2 Å². The summed E-state index contributed by atoms with van der Waals surface area (Å²) >= 11 is 5.50. The molecule has 112 valence electrons. The third-order valence-electron chi connectivity index (χ3n) is 3.06. The van der Waals surface area contributed by atoms with Crippen LogP contribution in [-0.2, 0) is 6.61 Å². The molecule has 0 saturated carbocycles. The molecule has 0 spiro atoms. The van der Waals surface area contributed by atoms with Gasteiger partial charge in [-0.2, -0.15) is 0 Å². The van der Waals surface area contributed by atoms with Crippen LogP contribution >= 0.6 is 11.6 Å². The first-order valence-corrected chi connectivity index (χ1v) is 7.03. The normalized spacial score (nSPS) is 13.7. The molecule has 0 aliphatic carbocycles. The van der Waals surface area contributed by atoms with Gasteiger partial charge in [-0.25, -0.2) is 4.39 Å². The number of ether oxygens (including phenoxy) is 1. The maximum Gasteiger partial charge on any atom is 0.123 e. The minimum Gasteiger partial charge on any atom is -0.489 e. The summed E-state index contributed by atoms with van der Waals surface area (Å²) < 4.78 is 18.3. The molecule has 0 bridgehead atoms. The first-order valence-electron chi connectivity index (χ1n) is 6.49. The van der Waals surface area contributed by atoms with Gasteiger partial charge >= 0.3 is 0 Å². The van der Waals surface area contributed by atoms with E-state index >= 15 is 0 Å². The molecular weight excluding hydrogens is 295 g/mol. The van der Waals surface area contributed by atoms with E-state index in [1.165, 1.54) is 12.1 Å². The lowest BCUT2D eigenvalue weighted by Crippen LogP contribution is -2.19. The maximum absolute atomic E-state index is 12.8. The Balaban J connectivity index is 1.94. The lowest BCUT2D eigenvalue weighted by molar-refractivity contribution is 0.0327. The summed E-state index contributed by atoms with van der Waals surface area (Å²) in [6.07, 6.45) is -2.02. The second-order valence-corrected chi connectivity index (χ2v) is 4.96. The smallest absolute Gasteiger partial charge is 0.123 e. The number of rotatable bonds is 6. The van der Waals surface area contributed by atoms with E-state index in [9.17, 15) is 14.6 Å². The van der Waals surface area contributed by atoms with E-state index in [1.54, 1.807) is 36.4 Å². The van der Waals surface area contributed by atoms with Gasteiger partial charge in [-0.1, -0.05) is 24.3 Å². The molecule has 0 aromatic heterocycles. The molecule has 0 saturated heterocycles. The molecule has 2 aromatic carbocycles. The number of halogens is 2. The minimum absolute atomic E-state index is 0.0377. The van der Waals surface area contributed by atoms with E-state index in [0.29, 0.717) is 17.9 Å². The highest BCUT2D eigenvalue weighted by Gasteiger charge is 2.16. The molecule has 21 heavy (non-hydrogen) atoms. The summed E-state index contributed by atoms with van der Waals surface area (Å²) in [7, 11) is 0. The van der Waals surface area contributed by atoms with Crippen molar-refractivity contribution in [3.05, 3.63) is 65.5 Å². The number of aliphatic hydroxyl groups excluding tert-OH is 2. The quantitative estimate of drug-likeness (QED) is 0.806. The van der Waals surface area contributed by atoms with Crippen LogP contribution in [0.2, 0.25) is 0 Å². The second kappa shape index (κ2) is 7.41. The lowest BCUT2D eigenvalue weighted by Gasteiger charge is -2.16. The van der Waals surface area contributed by atoms with E-state index in [0.717, 1.165) is 5.56 Å².